The maximum atomic E-state index is 13.9. The van der Waals surface area contributed by atoms with Gasteiger partial charge in [-0.1, -0.05) is 30.5 Å². The van der Waals surface area contributed by atoms with E-state index >= 15 is 0 Å². The zero-order valence-corrected chi connectivity index (χ0v) is 15.5. The molecule has 7 heteroatoms. The summed E-state index contributed by atoms with van der Waals surface area (Å²) in [6, 6.07) is 4.37. The SMILES string of the molecule is CN(Cc1c(F)cccc1Cl)C(=O)CCN1C(=O)[C@@H]2CCCC[C@H]2C1=O. The van der Waals surface area contributed by atoms with Gasteiger partial charge in [-0.05, 0) is 25.0 Å². The molecule has 0 N–H and O–H groups in total. The van der Waals surface area contributed by atoms with E-state index in [0.717, 1.165) is 25.7 Å². The van der Waals surface area contributed by atoms with Crippen LogP contribution in [0.5, 0.6) is 0 Å². The fourth-order valence-corrected chi connectivity index (χ4v) is 4.08. The molecule has 1 heterocycles. The number of fused-ring (bicyclic) bond motifs is 1. The Kier molecular flexibility index (Phi) is 5.61. The number of carbonyl (C=O) groups excluding carboxylic acids is 3. The summed E-state index contributed by atoms with van der Waals surface area (Å²) < 4.78 is 13.9. The average Bonchev–Trinajstić information content (AvgIpc) is 2.87. The molecule has 1 saturated carbocycles. The number of rotatable bonds is 5. The number of imide groups is 1. The lowest BCUT2D eigenvalue weighted by molar-refractivity contribution is -0.140. The number of nitrogens with zero attached hydrogens (tertiary/aromatic N) is 2. The number of amides is 3. The molecule has 2 fully saturated rings. The Morgan fingerprint density at radius 1 is 1.23 bits per heavy atom. The molecule has 2 aliphatic rings. The van der Waals surface area contributed by atoms with Crippen LogP contribution in [0, 0.1) is 17.7 Å². The van der Waals surface area contributed by atoms with Crippen LogP contribution in [-0.4, -0.2) is 41.1 Å². The molecular formula is C19H22ClFN2O3. The normalized spacial score (nSPS) is 22.5. The predicted molar refractivity (Wildman–Crippen MR) is 94.7 cm³/mol. The van der Waals surface area contributed by atoms with Crippen LogP contribution in [0.3, 0.4) is 0 Å². The molecule has 0 aromatic heterocycles. The summed E-state index contributed by atoms with van der Waals surface area (Å²) in [6.07, 6.45) is 3.48. The Hall–Kier alpha value is -1.95. The van der Waals surface area contributed by atoms with Crippen molar-refractivity contribution in [3.63, 3.8) is 0 Å². The van der Waals surface area contributed by atoms with E-state index in [4.69, 9.17) is 11.6 Å². The predicted octanol–water partition coefficient (Wildman–Crippen LogP) is 3.00. The second-order valence-electron chi connectivity index (χ2n) is 7.03. The monoisotopic (exact) mass is 380 g/mol. The second kappa shape index (κ2) is 7.74. The van der Waals surface area contributed by atoms with Gasteiger partial charge < -0.3 is 4.90 Å². The molecule has 3 rings (SSSR count). The highest BCUT2D eigenvalue weighted by molar-refractivity contribution is 6.31. The van der Waals surface area contributed by atoms with Crippen molar-refractivity contribution in [2.45, 2.75) is 38.6 Å². The molecule has 1 saturated heterocycles. The van der Waals surface area contributed by atoms with E-state index in [1.807, 2.05) is 0 Å². The van der Waals surface area contributed by atoms with Crippen LogP contribution in [0.25, 0.3) is 0 Å². The van der Waals surface area contributed by atoms with Crippen LogP contribution in [-0.2, 0) is 20.9 Å². The van der Waals surface area contributed by atoms with Gasteiger partial charge >= 0.3 is 0 Å². The highest BCUT2D eigenvalue weighted by Gasteiger charge is 2.47. The van der Waals surface area contributed by atoms with Crippen molar-refractivity contribution in [3.8, 4) is 0 Å². The van der Waals surface area contributed by atoms with Crippen molar-refractivity contribution in [2.75, 3.05) is 13.6 Å². The summed E-state index contributed by atoms with van der Waals surface area (Å²) in [5.74, 6) is -1.44. The Bertz CT molecular complexity index is 695. The number of halogens is 2. The summed E-state index contributed by atoms with van der Waals surface area (Å²) in [7, 11) is 1.55. The molecule has 0 bridgehead atoms. The standard InChI is InChI=1S/C19H22ClFN2O3/c1-22(11-14-15(20)7-4-8-16(14)21)17(24)9-10-23-18(25)12-5-2-3-6-13(12)19(23)26/h4,7-8,12-13H,2-3,5-6,9-11H2,1H3/t12-,13-/m1/s1. The molecule has 140 valence electrons. The lowest BCUT2D eigenvalue weighted by Gasteiger charge is -2.20. The molecule has 1 aliphatic carbocycles. The van der Waals surface area contributed by atoms with Crippen LogP contribution in [0.2, 0.25) is 5.02 Å². The van der Waals surface area contributed by atoms with E-state index in [9.17, 15) is 18.8 Å². The molecule has 1 aliphatic heterocycles. The first-order chi connectivity index (χ1) is 12.4. The van der Waals surface area contributed by atoms with Crippen molar-refractivity contribution >= 4 is 29.3 Å². The van der Waals surface area contributed by atoms with Crippen LogP contribution >= 0.6 is 11.6 Å². The van der Waals surface area contributed by atoms with Gasteiger partial charge in [0.25, 0.3) is 0 Å². The summed E-state index contributed by atoms with van der Waals surface area (Å²) in [6.45, 7) is 0.121. The Labute approximate surface area is 157 Å². The second-order valence-corrected chi connectivity index (χ2v) is 7.43. The van der Waals surface area contributed by atoms with Gasteiger partial charge in [-0.15, -0.1) is 0 Å². The topological polar surface area (TPSA) is 57.7 Å². The van der Waals surface area contributed by atoms with E-state index < -0.39 is 5.82 Å². The fraction of sp³-hybridized carbons (Fsp3) is 0.526. The van der Waals surface area contributed by atoms with Gasteiger partial charge in [-0.2, -0.15) is 0 Å². The Morgan fingerprint density at radius 3 is 2.42 bits per heavy atom. The first-order valence-electron chi connectivity index (χ1n) is 8.92. The maximum absolute atomic E-state index is 13.9. The Morgan fingerprint density at radius 2 is 1.85 bits per heavy atom. The van der Waals surface area contributed by atoms with Gasteiger partial charge in [-0.25, -0.2) is 4.39 Å². The number of likely N-dealkylation sites (tertiary alicyclic amines) is 1. The minimum atomic E-state index is -0.467. The minimum absolute atomic E-state index is 0.0273. The van der Waals surface area contributed by atoms with Gasteiger partial charge in [0, 0.05) is 37.1 Å². The third-order valence-corrected chi connectivity index (χ3v) is 5.72. The van der Waals surface area contributed by atoms with Crippen molar-refractivity contribution in [1.82, 2.24) is 9.80 Å². The first-order valence-corrected chi connectivity index (χ1v) is 9.30. The molecule has 1 aromatic rings. The van der Waals surface area contributed by atoms with Crippen molar-refractivity contribution in [2.24, 2.45) is 11.8 Å². The van der Waals surface area contributed by atoms with Crippen molar-refractivity contribution in [3.05, 3.63) is 34.6 Å². The lowest BCUT2D eigenvalue weighted by Crippen LogP contribution is -2.36. The lowest BCUT2D eigenvalue weighted by atomic mass is 9.81. The molecule has 0 spiro atoms. The molecule has 26 heavy (non-hydrogen) atoms. The number of hydrogen-bond donors (Lipinski definition) is 0. The maximum Gasteiger partial charge on any atom is 0.233 e. The summed E-state index contributed by atoms with van der Waals surface area (Å²) in [4.78, 5) is 39.8. The van der Waals surface area contributed by atoms with Crippen LogP contribution in [0.4, 0.5) is 4.39 Å². The van der Waals surface area contributed by atoms with E-state index in [2.05, 4.69) is 0 Å². The van der Waals surface area contributed by atoms with E-state index in [1.54, 1.807) is 13.1 Å². The number of carbonyl (C=O) groups is 3. The Balaban J connectivity index is 1.58. The molecule has 0 radical (unpaired) electrons. The third-order valence-electron chi connectivity index (χ3n) is 5.36. The van der Waals surface area contributed by atoms with Gasteiger partial charge in [0.15, 0.2) is 0 Å². The summed E-state index contributed by atoms with van der Waals surface area (Å²) in [5, 5.41) is 0.263. The molecular weight excluding hydrogens is 359 g/mol. The molecule has 1 aromatic carbocycles. The van der Waals surface area contributed by atoms with Crippen LogP contribution in [0.1, 0.15) is 37.7 Å². The van der Waals surface area contributed by atoms with Crippen LogP contribution in [0.15, 0.2) is 18.2 Å². The largest absolute Gasteiger partial charge is 0.341 e. The minimum Gasteiger partial charge on any atom is -0.341 e. The van der Waals surface area contributed by atoms with Gasteiger partial charge in [0.2, 0.25) is 17.7 Å². The average molecular weight is 381 g/mol. The van der Waals surface area contributed by atoms with E-state index in [0.29, 0.717) is 0 Å². The fourth-order valence-electron chi connectivity index (χ4n) is 3.86. The summed E-state index contributed by atoms with van der Waals surface area (Å²) >= 11 is 5.99. The van der Waals surface area contributed by atoms with Gasteiger partial charge in [0.05, 0.1) is 11.8 Å². The first kappa shape index (κ1) is 18.8. The zero-order chi connectivity index (χ0) is 18.8. The number of benzene rings is 1. The van der Waals surface area contributed by atoms with Crippen molar-refractivity contribution in [1.29, 1.82) is 0 Å². The molecule has 2 atom stereocenters. The summed E-state index contributed by atoms with van der Waals surface area (Å²) in [5.41, 5.74) is 0.254. The smallest absolute Gasteiger partial charge is 0.233 e. The molecule has 5 nitrogen and oxygen atoms in total. The van der Waals surface area contributed by atoms with Gasteiger partial charge in [-0.3, -0.25) is 19.3 Å². The zero-order valence-electron chi connectivity index (χ0n) is 14.7. The van der Waals surface area contributed by atoms with Gasteiger partial charge in [0.1, 0.15) is 5.82 Å². The third kappa shape index (κ3) is 3.61. The number of hydrogen-bond acceptors (Lipinski definition) is 3. The van der Waals surface area contributed by atoms with E-state index in [-0.39, 0.29) is 59.7 Å². The highest BCUT2D eigenvalue weighted by atomic mass is 35.5. The quantitative estimate of drug-likeness (QED) is 0.738. The highest BCUT2D eigenvalue weighted by Crippen LogP contribution is 2.38. The van der Waals surface area contributed by atoms with Crippen LogP contribution < -0.4 is 0 Å². The molecule has 3 amide bonds. The van der Waals surface area contributed by atoms with E-state index in [1.165, 1.54) is 21.9 Å². The molecule has 0 unspecified atom stereocenters. The van der Waals surface area contributed by atoms with Crippen molar-refractivity contribution < 1.29 is 18.8 Å².